The van der Waals surface area contributed by atoms with E-state index in [1.54, 1.807) is 26.2 Å². The van der Waals surface area contributed by atoms with Crippen LogP contribution in [0, 0.1) is 12.8 Å². The molecule has 41 heavy (non-hydrogen) atoms. The smallest absolute Gasteiger partial charge is 0.410 e. The summed E-state index contributed by atoms with van der Waals surface area (Å²) in [6, 6.07) is 9.26. The maximum Gasteiger partial charge on any atom is 0.410 e. The van der Waals surface area contributed by atoms with Crippen molar-refractivity contribution in [2.45, 2.75) is 52.7 Å². The van der Waals surface area contributed by atoms with E-state index < -0.39 is 23.7 Å². The van der Waals surface area contributed by atoms with E-state index >= 15 is 0 Å². The second-order valence-corrected chi connectivity index (χ2v) is 10.8. The minimum atomic E-state index is -1.17. The van der Waals surface area contributed by atoms with E-state index in [9.17, 15) is 19.2 Å². The van der Waals surface area contributed by atoms with Crippen LogP contribution in [0.5, 0.6) is 0 Å². The summed E-state index contributed by atoms with van der Waals surface area (Å²) >= 11 is 0. The van der Waals surface area contributed by atoms with E-state index in [1.165, 1.54) is 46.2 Å². The Morgan fingerprint density at radius 2 is 1.83 bits per heavy atom. The lowest BCUT2D eigenvalue weighted by molar-refractivity contribution is -0.125. The zero-order valence-electron chi connectivity index (χ0n) is 24.9. The molecule has 0 unspecified atom stereocenters. The molecule has 0 fully saturated rings. The number of anilines is 1. The third-order valence-electron chi connectivity index (χ3n) is 6.44. The molecule has 1 aromatic carbocycles. The maximum absolute atomic E-state index is 13.4. The summed E-state index contributed by atoms with van der Waals surface area (Å²) in [5, 5.41) is 2.64. The van der Waals surface area contributed by atoms with Crippen LogP contribution in [0.3, 0.4) is 0 Å². The second-order valence-electron chi connectivity index (χ2n) is 10.8. The Morgan fingerprint density at radius 1 is 1.10 bits per heavy atom. The number of aromatic amines is 1. The van der Waals surface area contributed by atoms with E-state index in [2.05, 4.69) is 30.2 Å². The van der Waals surface area contributed by atoms with Crippen molar-refractivity contribution in [3.05, 3.63) is 69.9 Å². The van der Waals surface area contributed by atoms with Crippen LogP contribution in [0.15, 0.2) is 47.3 Å². The van der Waals surface area contributed by atoms with Crippen LogP contribution in [0.4, 0.5) is 10.5 Å². The van der Waals surface area contributed by atoms with E-state index in [0.29, 0.717) is 23.9 Å². The van der Waals surface area contributed by atoms with Crippen LogP contribution in [-0.4, -0.2) is 76.5 Å². The number of fused-ring (bicyclic) bond motifs is 1. The monoisotopic (exact) mass is 564 g/mol. The van der Waals surface area contributed by atoms with Crippen LogP contribution in [-0.2, 0) is 27.3 Å². The van der Waals surface area contributed by atoms with Crippen molar-refractivity contribution in [3.8, 4) is 0 Å². The average molecular weight is 565 g/mol. The molecule has 0 aliphatic rings. The number of imidazole rings is 1. The number of H-pyrrole nitrogens is 1. The number of aryl methyl sites for hydroxylation is 1. The number of nitrogens with zero attached hydrogens (tertiary/aromatic N) is 4. The highest BCUT2D eigenvalue weighted by atomic mass is 16.6. The van der Waals surface area contributed by atoms with Crippen molar-refractivity contribution in [1.82, 2.24) is 24.3 Å². The molecule has 220 valence electrons. The van der Waals surface area contributed by atoms with Gasteiger partial charge >= 0.3 is 6.09 Å². The van der Waals surface area contributed by atoms with Crippen molar-refractivity contribution >= 4 is 34.6 Å². The summed E-state index contributed by atoms with van der Waals surface area (Å²) in [7, 11) is 6.29. The number of amides is 3. The molecule has 2 aromatic heterocycles. The molecule has 0 aliphatic heterocycles. The predicted octanol–water partition coefficient (Wildman–Crippen LogP) is 3.71. The Morgan fingerprint density at radius 3 is 2.49 bits per heavy atom. The van der Waals surface area contributed by atoms with Gasteiger partial charge in [-0.3, -0.25) is 14.4 Å². The second kappa shape index (κ2) is 13.8. The van der Waals surface area contributed by atoms with Gasteiger partial charge in [-0.25, -0.2) is 9.78 Å². The molecular weight excluding hydrogens is 524 g/mol. The number of carbonyl (C=O) groups excluding carboxylic acids is 3. The first-order chi connectivity index (χ1) is 19.4. The highest BCUT2D eigenvalue weighted by molar-refractivity contribution is 5.95. The SMILES string of the molecule is Cc1ccc(NC(=O)[C@H](CC/C=C/C(=O)N(C)C)OC(=O)N(C)C)c(=O)n1Cc1nc2cccc(CC(C)C)c2[nH]1. The van der Waals surface area contributed by atoms with Gasteiger partial charge in [0.1, 0.15) is 11.5 Å². The molecule has 0 saturated carbocycles. The Kier molecular flexibility index (Phi) is 10.5. The quantitative estimate of drug-likeness (QED) is 0.342. The van der Waals surface area contributed by atoms with Crippen LogP contribution in [0.25, 0.3) is 11.0 Å². The first kappa shape index (κ1) is 31.1. The van der Waals surface area contributed by atoms with E-state index in [0.717, 1.165) is 17.5 Å². The van der Waals surface area contributed by atoms with Crippen LogP contribution < -0.4 is 10.9 Å². The fraction of sp³-hybridized carbons (Fsp3) is 0.433. The number of nitrogens with one attached hydrogen (secondary N) is 2. The van der Waals surface area contributed by atoms with E-state index in [4.69, 9.17) is 9.72 Å². The molecule has 0 spiro atoms. The van der Waals surface area contributed by atoms with Gasteiger partial charge in [0.05, 0.1) is 17.6 Å². The lowest BCUT2D eigenvalue weighted by atomic mass is 10.0. The van der Waals surface area contributed by atoms with E-state index in [1.807, 2.05) is 19.1 Å². The Bertz CT molecular complexity index is 1480. The number of pyridine rings is 1. The number of benzene rings is 1. The molecule has 0 aliphatic carbocycles. The molecule has 0 saturated heterocycles. The van der Waals surface area contributed by atoms with Crippen LogP contribution >= 0.6 is 0 Å². The maximum atomic E-state index is 13.4. The highest BCUT2D eigenvalue weighted by Gasteiger charge is 2.25. The number of hydrogen-bond donors (Lipinski definition) is 2. The molecule has 11 nitrogen and oxygen atoms in total. The van der Waals surface area contributed by atoms with Crippen LogP contribution in [0.2, 0.25) is 0 Å². The summed E-state index contributed by atoms with van der Waals surface area (Å²) in [5.41, 5.74) is 3.30. The Balaban J connectivity index is 1.82. The number of carbonyl (C=O) groups is 3. The highest BCUT2D eigenvalue weighted by Crippen LogP contribution is 2.20. The van der Waals surface area contributed by atoms with Crippen LogP contribution in [0.1, 0.15) is 43.8 Å². The van der Waals surface area contributed by atoms with Crippen molar-refractivity contribution in [3.63, 3.8) is 0 Å². The standard InChI is InChI=1S/C30H40N6O5/c1-19(2)17-21-11-10-12-22-27(21)33-25(31-22)18-36-20(3)15-16-23(29(36)39)32-28(38)24(41-30(40)35(6)7)13-8-9-14-26(37)34(4)5/h9-12,14-16,19,24H,8,13,17-18H2,1-7H3,(H,31,33)(H,32,38)/b14-9+/t24-/m0/s1. The molecule has 3 aromatic rings. The van der Waals surface area contributed by atoms with Gasteiger partial charge in [0.15, 0.2) is 6.10 Å². The zero-order chi connectivity index (χ0) is 30.3. The fourth-order valence-electron chi connectivity index (χ4n) is 4.20. The molecular formula is C30H40N6O5. The normalized spacial score (nSPS) is 12.1. The van der Waals surface area contributed by atoms with Gasteiger partial charge in [0.25, 0.3) is 11.5 Å². The number of likely N-dealkylation sites (N-methyl/N-ethyl adjacent to an activating group) is 1. The zero-order valence-corrected chi connectivity index (χ0v) is 24.9. The van der Waals surface area contributed by atoms with Gasteiger partial charge in [-0.2, -0.15) is 0 Å². The average Bonchev–Trinajstić information content (AvgIpc) is 3.33. The van der Waals surface area contributed by atoms with E-state index in [-0.39, 0.29) is 24.6 Å². The number of rotatable bonds is 11. The van der Waals surface area contributed by atoms with Crippen molar-refractivity contribution in [2.75, 3.05) is 33.5 Å². The molecule has 3 rings (SSSR count). The van der Waals surface area contributed by atoms with Crippen molar-refractivity contribution in [2.24, 2.45) is 5.92 Å². The Hall–Kier alpha value is -4.41. The number of para-hydroxylation sites is 1. The number of hydrogen-bond acceptors (Lipinski definition) is 6. The summed E-state index contributed by atoms with van der Waals surface area (Å²) in [4.78, 5) is 61.4. The minimum Gasteiger partial charge on any atom is -0.436 e. The predicted molar refractivity (Wildman–Crippen MR) is 159 cm³/mol. The summed E-state index contributed by atoms with van der Waals surface area (Å²) in [6.45, 7) is 6.32. The molecule has 3 amide bonds. The lowest BCUT2D eigenvalue weighted by Gasteiger charge is -2.20. The third-order valence-corrected chi connectivity index (χ3v) is 6.44. The number of ether oxygens (including phenoxy) is 1. The van der Waals surface area contributed by atoms with Crippen molar-refractivity contribution in [1.29, 1.82) is 0 Å². The summed E-state index contributed by atoms with van der Waals surface area (Å²) in [5.74, 6) is 0.274. The topological polar surface area (TPSA) is 130 Å². The molecule has 2 heterocycles. The van der Waals surface area contributed by atoms with Gasteiger partial charge < -0.3 is 29.4 Å². The summed E-state index contributed by atoms with van der Waals surface area (Å²) < 4.78 is 6.92. The lowest BCUT2D eigenvalue weighted by Crippen LogP contribution is -2.38. The minimum absolute atomic E-state index is 0.0569. The number of allylic oxidation sites excluding steroid dienone is 1. The number of aromatic nitrogens is 3. The fourth-order valence-corrected chi connectivity index (χ4v) is 4.20. The molecule has 11 heteroatoms. The Labute approximate surface area is 240 Å². The molecule has 1 atom stereocenters. The molecule has 0 bridgehead atoms. The third kappa shape index (κ3) is 8.29. The summed E-state index contributed by atoms with van der Waals surface area (Å²) in [6.07, 6.45) is 2.48. The van der Waals surface area contributed by atoms with Gasteiger partial charge in [-0.15, -0.1) is 0 Å². The van der Waals surface area contributed by atoms with Gasteiger partial charge in [0, 0.05) is 33.9 Å². The van der Waals surface area contributed by atoms with Gasteiger partial charge in [-0.1, -0.05) is 32.1 Å². The van der Waals surface area contributed by atoms with Crippen molar-refractivity contribution < 1.29 is 19.1 Å². The van der Waals surface area contributed by atoms with Gasteiger partial charge in [-0.05, 0) is 61.9 Å². The molecule has 0 radical (unpaired) electrons. The van der Waals surface area contributed by atoms with Gasteiger partial charge in [0.2, 0.25) is 5.91 Å². The first-order valence-electron chi connectivity index (χ1n) is 13.6. The largest absolute Gasteiger partial charge is 0.436 e. The first-order valence-corrected chi connectivity index (χ1v) is 13.6. The molecule has 2 N–H and O–H groups in total.